The topological polar surface area (TPSA) is 60.4 Å². The second kappa shape index (κ2) is 5.81. The van der Waals surface area contributed by atoms with Crippen LogP contribution in [-0.2, 0) is 14.6 Å². The molecule has 1 aromatic carbocycles. The Bertz CT molecular complexity index is 625. The Kier molecular flexibility index (Phi) is 4.49. The molecule has 20 heavy (non-hydrogen) atoms. The van der Waals surface area contributed by atoms with Gasteiger partial charge in [0.15, 0.2) is 33.3 Å². The third-order valence-electron chi connectivity index (χ3n) is 3.03. The van der Waals surface area contributed by atoms with Crippen molar-refractivity contribution in [2.45, 2.75) is 31.1 Å². The molecule has 0 spiro atoms. The van der Waals surface area contributed by atoms with Gasteiger partial charge >= 0.3 is 0 Å². The van der Waals surface area contributed by atoms with E-state index in [0.717, 1.165) is 0 Å². The van der Waals surface area contributed by atoms with Crippen molar-refractivity contribution in [3.05, 3.63) is 28.5 Å². The molecule has 2 rings (SSSR count). The molecular formula is C13H14BrFO4S. The molecule has 1 aromatic rings. The van der Waals surface area contributed by atoms with Gasteiger partial charge in [-0.25, -0.2) is 12.8 Å². The van der Waals surface area contributed by atoms with Crippen molar-refractivity contribution >= 4 is 31.6 Å². The maximum absolute atomic E-state index is 13.6. The summed E-state index contributed by atoms with van der Waals surface area (Å²) in [6, 6.07) is 4.18. The Hall–Kier alpha value is -0.950. The summed E-state index contributed by atoms with van der Waals surface area (Å²) in [5, 5.41) is -0.386. The van der Waals surface area contributed by atoms with Crippen LogP contribution < -0.4 is 4.74 Å². The summed E-state index contributed by atoms with van der Waals surface area (Å²) in [4.78, 5) is 11.8. The molecule has 0 radical (unpaired) electrons. The van der Waals surface area contributed by atoms with Gasteiger partial charge in [-0.3, -0.25) is 4.79 Å². The van der Waals surface area contributed by atoms with Crippen LogP contribution in [0.4, 0.5) is 4.39 Å². The van der Waals surface area contributed by atoms with Gasteiger partial charge in [0.25, 0.3) is 0 Å². The summed E-state index contributed by atoms with van der Waals surface area (Å²) in [5.41, 5.74) is 0. The van der Waals surface area contributed by atoms with Gasteiger partial charge in [0.2, 0.25) is 0 Å². The highest BCUT2D eigenvalue weighted by atomic mass is 79.9. The number of ketones is 1. The molecule has 1 fully saturated rings. The number of benzene rings is 1. The van der Waals surface area contributed by atoms with Crippen LogP contribution in [0.15, 0.2) is 22.7 Å². The van der Waals surface area contributed by atoms with E-state index in [0.29, 0.717) is 17.3 Å². The second-order valence-electron chi connectivity index (χ2n) is 4.81. The monoisotopic (exact) mass is 364 g/mol. The molecule has 0 aliphatic heterocycles. The van der Waals surface area contributed by atoms with Crippen molar-refractivity contribution in [2.24, 2.45) is 0 Å². The number of carbonyl (C=O) groups excluding carboxylic acids is 1. The van der Waals surface area contributed by atoms with E-state index in [4.69, 9.17) is 4.74 Å². The van der Waals surface area contributed by atoms with Crippen molar-refractivity contribution in [2.75, 3.05) is 5.75 Å². The fourth-order valence-corrected chi connectivity index (χ4v) is 3.74. The van der Waals surface area contributed by atoms with Crippen LogP contribution in [0.3, 0.4) is 0 Å². The molecule has 4 nitrogen and oxygen atoms in total. The summed E-state index contributed by atoms with van der Waals surface area (Å²) in [7, 11) is -3.37. The van der Waals surface area contributed by atoms with E-state index in [1.54, 1.807) is 6.07 Å². The molecule has 0 amide bonds. The van der Waals surface area contributed by atoms with Gasteiger partial charge < -0.3 is 4.74 Å². The van der Waals surface area contributed by atoms with Gasteiger partial charge in [-0.05, 0) is 38.0 Å². The summed E-state index contributed by atoms with van der Waals surface area (Å²) in [6.07, 6.45) is 0.234. The van der Waals surface area contributed by atoms with E-state index >= 15 is 0 Å². The highest BCUT2D eigenvalue weighted by Gasteiger charge is 2.38. The summed E-state index contributed by atoms with van der Waals surface area (Å²) in [6.45, 7) is 1.42. The van der Waals surface area contributed by atoms with E-state index in [9.17, 15) is 17.6 Å². The number of halogens is 2. The molecule has 110 valence electrons. The van der Waals surface area contributed by atoms with Crippen LogP contribution in [0.1, 0.15) is 19.8 Å². The first kappa shape index (κ1) is 15.4. The third kappa shape index (κ3) is 3.79. The summed E-state index contributed by atoms with van der Waals surface area (Å²) in [5.74, 6) is -1.78. The number of rotatable bonds is 6. The number of hydrogen-bond donors (Lipinski definition) is 0. The zero-order valence-electron chi connectivity index (χ0n) is 10.8. The van der Waals surface area contributed by atoms with E-state index < -0.39 is 33.3 Å². The Balaban J connectivity index is 2.00. The normalized spacial score (nSPS) is 16.8. The minimum Gasteiger partial charge on any atom is -0.480 e. The van der Waals surface area contributed by atoms with E-state index in [1.165, 1.54) is 19.1 Å². The molecule has 1 atom stereocenters. The minimum absolute atomic E-state index is 0.0714. The van der Waals surface area contributed by atoms with Gasteiger partial charge in [0, 0.05) is 4.47 Å². The van der Waals surface area contributed by atoms with Crippen molar-refractivity contribution in [1.29, 1.82) is 0 Å². The number of hydrogen-bond acceptors (Lipinski definition) is 4. The highest BCUT2D eigenvalue weighted by molar-refractivity contribution is 9.10. The molecule has 0 saturated heterocycles. The standard InChI is InChI=1S/C13H14BrFO4S/c1-8(12(16)7-20(17,18)10-3-4-10)19-13-5-2-9(14)6-11(13)15/h2,5-6,8,10H,3-4,7H2,1H3/t8-/m0/s1. The summed E-state index contributed by atoms with van der Waals surface area (Å²) < 4.78 is 42.7. The smallest absolute Gasteiger partial charge is 0.187 e. The third-order valence-corrected chi connectivity index (χ3v) is 5.69. The maximum Gasteiger partial charge on any atom is 0.187 e. The van der Waals surface area contributed by atoms with Crippen molar-refractivity contribution < 1.29 is 22.3 Å². The predicted molar refractivity (Wildman–Crippen MR) is 76.0 cm³/mol. The van der Waals surface area contributed by atoms with Crippen LogP contribution in [0.5, 0.6) is 5.75 Å². The van der Waals surface area contributed by atoms with Crippen LogP contribution in [0.25, 0.3) is 0 Å². The molecule has 7 heteroatoms. The van der Waals surface area contributed by atoms with Gasteiger partial charge in [0.05, 0.1) is 5.25 Å². The first-order valence-corrected chi connectivity index (χ1v) is 8.66. The number of ether oxygens (including phenoxy) is 1. The second-order valence-corrected chi connectivity index (χ2v) is 8.00. The van der Waals surface area contributed by atoms with E-state index in [1.807, 2.05) is 0 Å². The highest BCUT2D eigenvalue weighted by Crippen LogP contribution is 2.29. The quantitative estimate of drug-likeness (QED) is 0.777. The van der Waals surface area contributed by atoms with E-state index in [2.05, 4.69) is 15.9 Å². The van der Waals surface area contributed by atoms with E-state index in [-0.39, 0.29) is 11.0 Å². The van der Waals surface area contributed by atoms with Gasteiger partial charge in [-0.1, -0.05) is 15.9 Å². The van der Waals surface area contributed by atoms with Crippen molar-refractivity contribution in [3.63, 3.8) is 0 Å². The molecule has 0 aromatic heterocycles. The lowest BCUT2D eigenvalue weighted by atomic mass is 10.3. The van der Waals surface area contributed by atoms with Gasteiger partial charge in [-0.2, -0.15) is 0 Å². The predicted octanol–water partition coefficient (Wildman–Crippen LogP) is 2.50. The Morgan fingerprint density at radius 3 is 2.70 bits per heavy atom. The van der Waals surface area contributed by atoms with Crippen LogP contribution >= 0.6 is 15.9 Å². The average Bonchev–Trinajstić information content (AvgIpc) is 3.16. The van der Waals surface area contributed by atoms with Gasteiger partial charge in [-0.15, -0.1) is 0 Å². The lowest BCUT2D eigenvalue weighted by molar-refractivity contribution is -0.122. The zero-order chi connectivity index (χ0) is 14.9. The lowest BCUT2D eigenvalue weighted by Gasteiger charge is -2.14. The van der Waals surface area contributed by atoms with Crippen LogP contribution in [-0.4, -0.2) is 31.3 Å². The molecule has 0 unspecified atom stereocenters. The first-order chi connectivity index (χ1) is 9.29. The lowest BCUT2D eigenvalue weighted by Crippen LogP contribution is -2.31. The van der Waals surface area contributed by atoms with Crippen LogP contribution in [0.2, 0.25) is 0 Å². The summed E-state index contributed by atoms with van der Waals surface area (Å²) >= 11 is 3.11. The number of Topliss-reactive ketones (excluding diaryl/α,β-unsaturated/α-hetero) is 1. The molecule has 1 saturated carbocycles. The molecular weight excluding hydrogens is 351 g/mol. The maximum atomic E-state index is 13.6. The largest absolute Gasteiger partial charge is 0.480 e. The first-order valence-electron chi connectivity index (χ1n) is 6.15. The average molecular weight is 365 g/mol. The molecule has 1 aliphatic rings. The molecule has 0 bridgehead atoms. The fraction of sp³-hybridized carbons (Fsp3) is 0.462. The van der Waals surface area contributed by atoms with Gasteiger partial charge in [0.1, 0.15) is 5.75 Å². The Morgan fingerprint density at radius 1 is 1.50 bits per heavy atom. The zero-order valence-corrected chi connectivity index (χ0v) is 13.2. The Labute approximate surface area is 125 Å². The molecule has 0 N–H and O–H groups in total. The fourth-order valence-electron chi connectivity index (χ4n) is 1.69. The molecule has 0 heterocycles. The van der Waals surface area contributed by atoms with Crippen molar-refractivity contribution in [1.82, 2.24) is 0 Å². The number of sulfone groups is 1. The minimum atomic E-state index is -3.37. The Morgan fingerprint density at radius 2 is 2.15 bits per heavy atom. The van der Waals surface area contributed by atoms with Crippen LogP contribution in [0, 0.1) is 5.82 Å². The SMILES string of the molecule is C[C@H](Oc1ccc(Br)cc1F)C(=O)CS(=O)(=O)C1CC1. The van der Waals surface area contributed by atoms with Crippen molar-refractivity contribution in [3.8, 4) is 5.75 Å². The molecule has 1 aliphatic carbocycles. The number of carbonyl (C=O) groups is 1.